The fraction of sp³-hybridized carbons (Fsp3) is 0.333. The van der Waals surface area contributed by atoms with E-state index in [2.05, 4.69) is 5.10 Å². The SMILES string of the molecule is Cc1nn(CC(=O)N(C)Cc2cccc(Cl)c2Cl)c(C)c1Cl. The molecule has 1 amide bonds. The van der Waals surface area contributed by atoms with Gasteiger partial charge in [0.05, 0.1) is 26.5 Å². The second-order valence-corrected chi connectivity index (χ2v) is 6.27. The van der Waals surface area contributed by atoms with Crippen LogP contribution >= 0.6 is 34.8 Å². The van der Waals surface area contributed by atoms with Crippen LogP contribution in [0.15, 0.2) is 18.2 Å². The van der Waals surface area contributed by atoms with E-state index < -0.39 is 0 Å². The van der Waals surface area contributed by atoms with Crippen LogP contribution in [0.25, 0.3) is 0 Å². The molecular weight excluding hydrogens is 345 g/mol. The fourth-order valence-corrected chi connectivity index (χ4v) is 2.61. The average Bonchev–Trinajstić information content (AvgIpc) is 2.71. The molecule has 1 aromatic carbocycles. The van der Waals surface area contributed by atoms with Gasteiger partial charge in [-0.1, -0.05) is 46.9 Å². The number of nitrogens with zero attached hydrogens (tertiary/aromatic N) is 3. The van der Waals surface area contributed by atoms with Crippen molar-refractivity contribution in [1.29, 1.82) is 0 Å². The Balaban J connectivity index is 2.09. The second-order valence-electron chi connectivity index (χ2n) is 5.11. The lowest BCUT2D eigenvalue weighted by atomic mass is 10.2. The summed E-state index contributed by atoms with van der Waals surface area (Å²) in [6.45, 7) is 4.16. The molecule has 2 rings (SSSR count). The predicted molar refractivity (Wildman–Crippen MR) is 89.6 cm³/mol. The van der Waals surface area contributed by atoms with Gasteiger partial charge in [0.1, 0.15) is 6.54 Å². The van der Waals surface area contributed by atoms with Gasteiger partial charge in [-0.3, -0.25) is 9.48 Å². The zero-order valence-corrected chi connectivity index (χ0v) is 14.8. The number of likely N-dealkylation sites (N-methyl/N-ethyl adjacent to an activating group) is 1. The number of benzene rings is 1. The Morgan fingerprint density at radius 1 is 1.23 bits per heavy atom. The van der Waals surface area contributed by atoms with Gasteiger partial charge >= 0.3 is 0 Å². The van der Waals surface area contributed by atoms with Crippen LogP contribution in [-0.4, -0.2) is 27.6 Å². The van der Waals surface area contributed by atoms with Crippen molar-refractivity contribution in [1.82, 2.24) is 14.7 Å². The number of aryl methyl sites for hydroxylation is 1. The highest BCUT2D eigenvalue weighted by atomic mass is 35.5. The molecule has 0 saturated carbocycles. The minimum Gasteiger partial charge on any atom is -0.340 e. The highest BCUT2D eigenvalue weighted by Crippen LogP contribution is 2.26. The van der Waals surface area contributed by atoms with E-state index in [1.807, 2.05) is 26.0 Å². The van der Waals surface area contributed by atoms with Gasteiger partial charge in [0.25, 0.3) is 0 Å². The Hall–Kier alpha value is -1.23. The number of amides is 1. The number of aromatic nitrogens is 2. The molecule has 7 heteroatoms. The first-order chi connectivity index (χ1) is 10.3. The minimum absolute atomic E-state index is 0.0849. The van der Waals surface area contributed by atoms with Gasteiger partial charge in [-0.25, -0.2) is 0 Å². The zero-order valence-electron chi connectivity index (χ0n) is 12.5. The van der Waals surface area contributed by atoms with E-state index in [1.54, 1.807) is 22.7 Å². The van der Waals surface area contributed by atoms with Crippen LogP contribution in [0.2, 0.25) is 15.1 Å². The zero-order chi connectivity index (χ0) is 16.4. The molecule has 1 aromatic heterocycles. The molecule has 22 heavy (non-hydrogen) atoms. The first kappa shape index (κ1) is 17.1. The summed E-state index contributed by atoms with van der Waals surface area (Å²) in [5.74, 6) is -0.0849. The third-order valence-electron chi connectivity index (χ3n) is 3.44. The van der Waals surface area contributed by atoms with E-state index in [0.29, 0.717) is 27.3 Å². The van der Waals surface area contributed by atoms with Crippen LogP contribution in [0.3, 0.4) is 0 Å². The van der Waals surface area contributed by atoms with Gasteiger partial charge in [0, 0.05) is 13.6 Å². The van der Waals surface area contributed by atoms with Gasteiger partial charge in [-0.05, 0) is 25.5 Å². The first-order valence-corrected chi connectivity index (χ1v) is 7.81. The molecule has 0 bridgehead atoms. The summed E-state index contributed by atoms with van der Waals surface area (Å²) in [4.78, 5) is 13.9. The smallest absolute Gasteiger partial charge is 0.244 e. The maximum Gasteiger partial charge on any atom is 0.244 e. The molecule has 4 nitrogen and oxygen atoms in total. The second kappa shape index (κ2) is 6.90. The molecule has 1 heterocycles. The number of rotatable bonds is 4. The van der Waals surface area contributed by atoms with Crippen molar-refractivity contribution in [2.45, 2.75) is 26.9 Å². The van der Waals surface area contributed by atoms with Crippen LogP contribution < -0.4 is 0 Å². The molecule has 0 atom stereocenters. The van der Waals surface area contributed by atoms with E-state index in [1.165, 1.54) is 0 Å². The third-order valence-corrected chi connectivity index (χ3v) is 4.85. The lowest BCUT2D eigenvalue weighted by Crippen LogP contribution is -2.30. The van der Waals surface area contributed by atoms with Crippen molar-refractivity contribution in [2.75, 3.05) is 7.05 Å². The molecule has 0 aliphatic heterocycles. The molecule has 0 aliphatic carbocycles. The highest BCUT2D eigenvalue weighted by molar-refractivity contribution is 6.42. The Morgan fingerprint density at radius 2 is 1.91 bits per heavy atom. The van der Waals surface area contributed by atoms with Crippen molar-refractivity contribution in [3.8, 4) is 0 Å². The van der Waals surface area contributed by atoms with Crippen LogP contribution in [0, 0.1) is 13.8 Å². The Kier molecular flexibility index (Phi) is 5.37. The first-order valence-electron chi connectivity index (χ1n) is 6.67. The lowest BCUT2D eigenvalue weighted by molar-refractivity contribution is -0.131. The molecule has 0 saturated heterocycles. The largest absolute Gasteiger partial charge is 0.340 e. The van der Waals surface area contributed by atoms with E-state index in [-0.39, 0.29) is 12.5 Å². The molecule has 0 spiro atoms. The summed E-state index contributed by atoms with van der Waals surface area (Å²) in [5, 5.41) is 5.80. The topological polar surface area (TPSA) is 38.1 Å². The van der Waals surface area contributed by atoms with Crippen molar-refractivity contribution in [3.63, 3.8) is 0 Å². The number of halogens is 3. The Morgan fingerprint density at radius 3 is 2.50 bits per heavy atom. The summed E-state index contributed by atoms with van der Waals surface area (Å²) in [5.41, 5.74) is 2.30. The number of hydrogen-bond donors (Lipinski definition) is 0. The van der Waals surface area contributed by atoms with E-state index in [9.17, 15) is 4.79 Å². The quantitative estimate of drug-likeness (QED) is 0.822. The number of carbonyl (C=O) groups excluding carboxylic acids is 1. The predicted octanol–water partition coefficient (Wildman–Crippen LogP) is 4.12. The Labute approximate surface area is 144 Å². The molecule has 0 unspecified atom stereocenters. The van der Waals surface area contributed by atoms with E-state index >= 15 is 0 Å². The maximum atomic E-state index is 12.3. The van der Waals surface area contributed by atoms with Crippen LogP contribution in [0.4, 0.5) is 0 Å². The van der Waals surface area contributed by atoms with Gasteiger partial charge < -0.3 is 4.90 Å². The maximum absolute atomic E-state index is 12.3. The summed E-state index contributed by atoms with van der Waals surface area (Å²) >= 11 is 18.2. The average molecular weight is 361 g/mol. The molecule has 118 valence electrons. The molecule has 0 fully saturated rings. The molecule has 0 N–H and O–H groups in total. The lowest BCUT2D eigenvalue weighted by Gasteiger charge is -2.18. The minimum atomic E-state index is -0.0849. The number of carbonyl (C=O) groups is 1. The van der Waals surface area contributed by atoms with Crippen molar-refractivity contribution in [2.24, 2.45) is 0 Å². The number of hydrogen-bond acceptors (Lipinski definition) is 2. The van der Waals surface area contributed by atoms with E-state index in [0.717, 1.165) is 11.3 Å². The monoisotopic (exact) mass is 359 g/mol. The Bertz CT molecular complexity index is 712. The summed E-state index contributed by atoms with van der Waals surface area (Å²) in [7, 11) is 1.72. The standard InChI is InChI=1S/C15H16Cl3N3O/c1-9-14(17)10(2)21(19-9)8-13(22)20(3)7-11-5-4-6-12(16)15(11)18/h4-6H,7-8H2,1-3H3. The van der Waals surface area contributed by atoms with Crippen LogP contribution in [-0.2, 0) is 17.9 Å². The van der Waals surface area contributed by atoms with Gasteiger partial charge in [-0.15, -0.1) is 0 Å². The summed E-state index contributed by atoms with van der Waals surface area (Å²) in [6, 6.07) is 5.37. The van der Waals surface area contributed by atoms with E-state index in [4.69, 9.17) is 34.8 Å². The molecular formula is C15H16Cl3N3O. The van der Waals surface area contributed by atoms with Gasteiger partial charge in [0.2, 0.25) is 5.91 Å². The van der Waals surface area contributed by atoms with Crippen LogP contribution in [0.5, 0.6) is 0 Å². The molecule has 0 aliphatic rings. The van der Waals surface area contributed by atoms with Crippen molar-refractivity contribution in [3.05, 3.63) is 50.2 Å². The van der Waals surface area contributed by atoms with Crippen molar-refractivity contribution >= 4 is 40.7 Å². The fourth-order valence-electron chi connectivity index (χ4n) is 2.09. The highest BCUT2D eigenvalue weighted by Gasteiger charge is 2.16. The molecule has 2 aromatic rings. The van der Waals surface area contributed by atoms with Crippen molar-refractivity contribution < 1.29 is 4.79 Å². The summed E-state index contributed by atoms with van der Waals surface area (Å²) < 4.78 is 1.61. The summed E-state index contributed by atoms with van der Waals surface area (Å²) in [6.07, 6.45) is 0. The normalized spacial score (nSPS) is 10.8. The van der Waals surface area contributed by atoms with Crippen LogP contribution in [0.1, 0.15) is 17.0 Å². The van der Waals surface area contributed by atoms with Gasteiger partial charge in [0.15, 0.2) is 0 Å². The van der Waals surface area contributed by atoms with Gasteiger partial charge in [-0.2, -0.15) is 5.10 Å². The third kappa shape index (κ3) is 3.57. The molecule has 0 radical (unpaired) electrons.